The molecule has 8 heteroatoms. The van der Waals surface area contributed by atoms with E-state index < -0.39 is 11.5 Å². The molecule has 0 atom stereocenters. The molecule has 1 amide bonds. The third-order valence-corrected chi connectivity index (χ3v) is 6.14. The monoisotopic (exact) mass is 476 g/mol. The van der Waals surface area contributed by atoms with E-state index in [-0.39, 0.29) is 11.3 Å². The molecule has 0 saturated carbocycles. The smallest absolute Gasteiger partial charge is 0.268 e. The lowest BCUT2D eigenvalue weighted by molar-refractivity contribution is 0.0952. The molecule has 1 N–H and O–H groups in total. The van der Waals surface area contributed by atoms with Crippen molar-refractivity contribution in [2.75, 3.05) is 27.9 Å². The number of rotatable bonds is 8. The minimum absolute atomic E-state index is 0.0536. The fourth-order valence-corrected chi connectivity index (χ4v) is 4.31. The molecule has 0 unspecified atom stereocenters. The lowest BCUT2D eigenvalue weighted by Gasteiger charge is -2.22. The molecule has 1 aliphatic rings. The molecule has 0 saturated heterocycles. The molecule has 2 aromatic carbocycles. The number of aromatic nitrogens is 1. The second-order valence-corrected chi connectivity index (χ2v) is 8.23. The molecule has 1 aromatic heterocycles. The Balaban J connectivity index is 1.61. The second-order valence-electron chi connectivity index (χ2n) is 8.23. The van der Waals surface area contributed by atoms with Gasteiger partial charge in [0.2, 0.25) is 0 Å². The molecule has 0 spiro atoms. The van der Waals surface area contributed by atoms with Crippen LogP contribution in [0.1, 0.15) is 44.8 Å². The molecule has 35 heavy (non-hydrogen) atoms. The lowest BCUT2D eigenvalue weighted by atomic mass is 9.92. The average Bonchev–Trinajstić information content (AvgIpc) is 2.88. The van der Waals surface area contributed by atoms with Gasteiger partial charge in [-0.1, -0.05) is 6.07 Å². The van der Waals surface area contributed by atoms with Gasteiger partial charge in [-0.05, 0) is 67.3 Å². The number of nitrogens with zero attached hydrogens (tertiary/aromatic N) is 1. The first-order chi connectivity index (χ1) is 17.0. The highest BCUT2D eigenvalue weighted by atomic mass is 16.5. The molecule has 1 aliphatic carbocycles. The van der Waals surface area contributed by atoms with Crippen LogP contribution in [0.4, 0.5) is 0 Å². The van der Waals surface area contributed by atoms with Gasteiger partial charge in [0, 0.05) is 29.9 Å². The zero-order valence-electron chi connectivity index (χ0n) is 20.1. The van der Waals surface area contributed by atoms with Gasteiger partial charge in [-0.15, -0.1) is 0 Å². The van der Waals surface area contributed by atoms with Crippen LogP contribution in [0.2, 0.25) is 0 Å². The summed E-state index contributed by atoms with van der Waals surface area (Å²) in [5, 5.41) is 2.82. The molecule has 0 bridgehead atoms. The van der Waals surface area contributed by atoms with Crippen LogP contribution in [0.3, 0.4) is 0 Å². The zero-order valence-corrected chi connectivity index (χ0v) is 20.1. The van der Waals surface area contributed by atoms with Gasteiger partial charge in [-0.3, -0.25) is 19.0 Å². The Morgan fingerprint density at radius 2 is 1.66 bits per heavy atom. The Morgan fingerprint density at radius 3 is 2.34 bits per heavy atom. The molecular weight excluding hydrogens is 448 g/mol. The fourth-order valence-electron chi connectivity index (χ4n) is 4.31. The first-order valence-electron chi connectivity index (χ1n) is 11.4. The number of benzene rings is 2. The summed E-state index contributed by atoms with van der Waals surface area (Å²) in [6, 6.07) is 14.0. The number of ether oxygens (including phenoxy) is 3. The number of hydrogen-bond acceptors (Lipinski definition) is 6. The van der Waals surface area contributed by atoms with Crippen LogP contribution in [-0.2, 0) is 12.8 Å². The number of ketones is 1. The fraction of sp³-hybridized carbons (Fsp3) is 0.296. The van der Waals surface area contributed by atoms with Crippen molar-refractivity contribution < 1.29 is 23.8 Å². The van der Waals surface area contributed by atoms with Gasteiger partial charge in [0.15, 0.2) is 17.3 Å². The van der Waals surface area contributed by atoms with Crippen LogP contribution in [-0.4, -0.2) is 44.1 Å². The average molecular weight is 477 g/mol. The second kappa shape index (κ2) is 10.5. The summed E-state index contributed by atoms with van der Waals surface area (Å²) in [5.74, 6) is 1.30. The minimum atomic E-state index is -0.515. The Kier molecular flexibility index (Phi) is 7.19. The van der Waals surface area contributed by atoms with E-state index in [1.165, 1.54) is 10.6 Å². The molecule has 3 aromatic rings. The number of nitrogens with one attached hydrogen (secondary N) is 1. The van der Waals surface area contributed by atoms with Crippen molar-refractivity contribution in [3.8, 4) is 22.9 Å². The Bertz CT molecular complexity index is 1310. The van der Waals surface area contributed by atoms with Gasteiger partial charge in [0.1, 0.15) is 11.3 Å². The first kappa shape index (κ1) is 24.1. The largest absolute Gasteiger partial charge is 0.497 e. The van der Waals surface area contributed by atoms with E-state index in [0.29, 0.717) is 66.4 Å². The number of carbonyl (C=O) groups excluding carboxylic acids is 2. The number of pyridine rings is 1. The Hall–Kier alpha value is -4.07. The number of Topliss-reactive ketones (excluding diaryl/α,β-unsaturated/α-hetero) is 1. The summed E-state index contributed by atoms with van der Waals surface area (Å²) in [6.45, 7) is 0.307. The summed E-state index contributed by atoms with van der Waals surface area (Å²) >= 11 is 0. The molecule has 4 rings (SSSR count). The third kappa shape index (κ3) is 4.91. The normalized spacial score (nSPS) is 12.6. The SMILES string of the molecule is COc1ccc(-n2c3c(cc(C(=O)NCCc4ccc(OC)c(OC)c4)c2=O)C(=O)CCC3)cc1. The van der Waals surface area contributed by atoms with Crippen molar-refractivity contribution in [2.45, 2.75) is 25.7 Å². The van der Waals surface area contributed by atoms with Crippen LogP contribution < -0.4 is 25.1 Å². The van der Waals surface area contributed by atoms with Crippen molar-refractivity contribution in [3.05, 3.63) is 81.3 Å². The number of fused-ring (bicyclic) bond motifs is 1. The Labute approximate surface area is 203 Å². The van der Waals surface area contributed by atoms with Crippen LogP contribution in [0.5, 0.6) is 17.2 Å². The predicted octanol–water partition coefficient (Wildman–Crippen LogP) is 3.35. The van der Waals surface area contributed by atoms with Crippen molar-refractivity contribution in [1.82, 2.24) is 9.88 Å². The highest BCUT2D eigenvalue weighted by molar-refractivity contribution is 6.02. The van der Waals surface area contributed by atoms with Crippen molar-refractivity contribution in [3.63, 3.8) is 0 Å². The van der Waals surface area contributed by atoms with Crippen molar-refractivity contribution in [2.24, 2.45) is 0 Å². The third-order valence-electron chi connectivity index (χ3n) is 6.14. The van der Waals surface area contributed by atoms with E-state index >= 15 is 0 Å². The number of hydrogen-bond donors (Lipinski definition) is 1. The summed E-state index contributed by atoms with van der Waals surface area (Å²) in [5.41, 5.74) is 2.09. The van der Waals surface area contributed by atoms with Crippen LogP contribution >= 0.6 is 0 Å². The van der Waals surface area contributed by atoms with Crippen LogP contribution in [0.25, 0.3) is 5.69 Å². The van der Waals surface area contributed by atoms with E-state index in [4.69, 9.17) is 14.2 Å². The van der Waals surface area contributed by atoms with Gasteiger partial charge in [0.25, 0.3) is 11.5 Å². The van der Waals surface area contributed by atoms with E-state index in [1.807, 2.05) is 12.1 Å². The number of methoxy groups -OCH3 is 3. The predicted molar refractivity (Wildman–Crippen MR) is 131 cm³/mol. The molecule has 0 radical (unpaired) electrons. The number of carbonyl (C=O) groups is 2. The highest BCUT2D eigenvalue weighted by Gasteiger charge is 2.26. The minimum Gasteiger partial charge on any atom is -0.497 e. The maximum atomic E-state index is 13.5. The van der Waals surface area contributed by atoms with Crippen LogP contribution in [0, 0.1) is 0 Å². The molecule has 0 fully saturated rings. The Morgan fingerprint density at radius 1 is 0.914 bits per heavy atom. The molecule has 8 nitrogen and oxygen atoms in total. The summed E-state index contributed by atoms with van der Waals surface area (Å²) in [7, 11) is 4.70. The number of amides is 1. The lowest BCUT2D eigenvalue weighted by Crippen LogP contribution is -2.36. The van der Waals surface area contributed by atoms with Gasteiger partial charge in [-0.25, -0.2) is 0 Å². The van der Waals surface area contributed by atoms with Crippen molar-refractivity contribution in [1.29, 1.82) is 0 Å². The van der Waals surface area contributed by atoms with Crippen molar-refractivity contribution >= 4 is 11.7 Å². The molecule has 182 valence electrons. The van der Waals surface area contributed by atoms with E-state index in [2.05, 4.69) is 5.32 Å². The molecule has 0 aliphatic heterocycles. The maximum absolute atomic E-state index is 13.5. The highest BCUT2D eigenvalue weighted by Crippen LogP contribution is 2.28. The van der Waals surface area contributed by atoms with Gasteiger partial charge in [0.05, 0.1) is 21.3 Å². The maximum Gasteiger partial charge on any atom is 0.268 e. The molecular formula is C27H28N2O6. The van der Waals surface area contributed by atoms with Gasteiger partial charge < -0.3 is 19.5 Å². The van der Waals surface area contributed by atoms with E-state index in [0.717, 1.165) is 5.56 Å². The van der Waals surface area contributed by atoms with Gasteiger partial charge >= 0.3 is 0 Å². The summed E-state index contributed by atoms with van der Waals surface area (Å²) in [4.78, 5) is 39.2. The van der Waals surface area contributed by atoms with Crippen LogP contribution in [0.15, 0.2) is 53.3 Å². The molecule has 1 heterocycles. The van der Waals surface area contributed by atoms with E-state index in [9.17, 15) is 14.4 Å². The zero-order chi connectivity index (χ0) is 24.9. The summed E-state index contributed by atoms with van der Waals surface area (Å²) < 4.78 is 17.3. The first-order valence-corrected chi connectivity index (χ1v) is 11.4. The van der Waals surface area contributed by atoms with E-state index in [1.54, 1.807) is 51.7 Å². The quantitative estimate of drug-likeness (QED) is 0.536. The van der Waals surface area contributed by atoms with Gasteiger partial charge in [-0.2, -0.15) is 0 Å². The topological polar surface area (TPSA) is 95.9 Å². The summed E-state index contributed by atoms with van der Waals surface area (Å²) in [6.07, 6.45) is 2.18. The standard InChI is InChI=1S/C27H28N2O6/c1-33-19-10-8-18(9-11-19)29-22-5-4-6-23(30)20(22)16-21(27(29)32)26(31)28-14-13-17-7-12-24(34-2)25(15-17)35-3/h7-12,15-16H,4-6,13-14H2,1-3H3,(H,28,31).